The van der Waals surface area contributed by atoms with E-state index in [1.807, 2.05) is 61.5 Å². The van der Waals surface area contributed by atoms with Gasteiger partial charge in [0.1, 0.15) is 18.2 Å². The second-order valence-electron chi connectivity index (χ2n) is 11.0. The van der Waals surface area contributed by atoms with Crippen LogP contribution < -0.4 is 0 Å². The molecule has 2 amide bonds. The number of carboxylic acids is 1. The first kappa shape index (κ1) is 26.5. The quantitative estimate of drug-likeness (QED) is 0.382. The third-order valence-electron chi connectivity index (χ3n) is 8.79. The Morgan fingerprint density at radius 2 is 1.93 bits per heavy atom. The van der Waals surface area contributed by atoms with Gasteiger partial charge < -0.3 is 20.0 Å². The maximum atomic E-state index is 14.7. The molecule has 1 aromatic heterocycles. The molecular formula is C29H31N5O5S. The van der Waals surface area contributed by atoms with E-state index in [-0.39, 0.29) is 19.1 Å². The summed E-state index contributed by atoms with van der Waals surface area (Å²) < 4.78 is 0.0377. The van der Waals surface area contributed by atoms with Crippen LogP contribution in [0.4, 0.5) is 0 Å². The van der Waals surface area contributed by atoms with E-state index in [0.717, 1.165) is 5.52 Å². The third kappa shape index (κ3) is 3.78. The van der Waals surface area contributed by atoms with Gasteiger partial charge in [0.05, 0.1) is 34.7 Å². The Balaban J connectivity index is 1.46. The Bertz CT molecular complexity index is 1500. The first-order valence-electron chi connectivity index (χ1n) is 13.3. The Kier molecular flexibility index (Phi) is 6.46. The number of para-hydroxylation sites is 1. The number of carbonyl (C=O) groups is 3. The molecule has 2 aromatic carbocycles. The highest BCUT2D eigenvalue weighted by Gasteiger charge is 2.78. The van der Waals surface area contributed by atoms with Gasteiger partial charge in [0.25, 0.3) is 0 Å². The maximum absolute atomic E-state index is 14.7. The van der Waals surface area contributed by atoms with E-state index in [2.05, 4.69) is 16.9 Å². The number of rotatable bonds is 9. The smallest absolute Gasteiger partial charge is 0.308 e. The molecule has 0 radical (unpaired) electrons. The molecule has 0 saturated carbocycles. The zero-order valence-electron chi connectivity index (χ0n) is 22.1. The molecule has 3 aliphatic heterocycles. The minimum atomic E-state index is -1.03. The molecular weight excluding hydrogens is 530 g/mol. The minimum Gasteiger partial charge on any atom is -0.481 e. The molecule has 208 valence electrons. The van der Waals surface area contributed by atoms with E-state index in [1.54, 1.807) is 15.7 Å². The molecule has 0 aliphatic carbocycles. The van der Waals surface area contributed by atoms with Crippen molar-refractivity contribution in [2.24, 2.45) is 11.8 Å². The van der Waals surface area contributed by atoms with Gasteiger partial charge in [0.2, 0.25) is 11.8 Å². The third-order valence-corrected chi connectivity index (χ3v) is 10.8. The van der Waals surface area contributed by atoms with Crippen molar-refractivity contribution in [3.63, 3.8) is 0 Å². The van der Waals surface area contributed by atoms with Crippen LogP contribution in [0, 0.1) is 11.8 Å². The van der Waals surface area contributed by atoms with Crippen LogP contribution in [0.2, 0.25) is 0 Å². The number of likely N-dealkylation sites (tertiary alicyclic amines) is 1. The van der Waals surface area contributed by atoms with Gasteiger partial charge in [-0.15, -0.1) is 23.4 Å². The summed E-state index contributed by atoms with van der Waals surface area (Å²) >= 11 is 1.47. The van der Waals surface area contributed by atoms with E-state index in [0.29, 0.717) is 23.9 Å². The van der Waals surface area contributed by atoms with Crippen LogP contribution in [0.15, 0.2) is 67.3 Å². The highest BCUT2D eigenvalue weighted by atomic mass is 32.2. The lowest BCUT2D eigenvalue weighted by Gasteiger charge is -2.39. The fourth-order valence-corrected chi connectivity index (χ4v) is 9.44. The summed E-state index contributed by atoms with van der Waals surface area (Å²) in [5.74, 6) is -3.55. The molecule has 3 aromatic rings. The Morgan fingerprint density at radius 3 is 2.62 bits per heavy atom. The summed E-state index contributed by atoms with van der Waals surface area (Å²) in [7, 11) is 0. The molecule has 3 fully saturated rings. The van der Waals surface area contributed by atoms with Crippen LogP contribution in [0.3, 0.4) is 0 Å². The molecule has 40 heavy (non-hydrogen) atoms. The number of carboxylic acid groups (broad SMARTS) is 1. The molecule has 10 nitrogen and oxygen atoms in total. The normalized spacial score (nSPS) is 29.5. The second kappa shape index (κ2) is 9.74. The summed E-state index contributed by atoms with van der Waals surface area (Å²) in [6.45, 7) is 5.60. The second-order valence-corrected chi connectivity index (χ2v) is 12.9. The standard InChI is InChI=1S/C29H31N5O5S/c1-3-15-32(17-33-20-12-8-7-11-19(20)30-31-33)26(37)24-29-14-13-28(2,40-29)23(27(38)39)22(29)25(36)34(24)21(16-35)18-9-5-4-6-10-18/h3-12,21-24,35H,1,13-17H2,2H3,(H,38,39)/t21-,22+,23-,24?,28+,29?/m1/s1. The molecule has 2 bridgehead atoms. The number of amides is 2. The molecule has 11 heteroatoms. The van der Waals surface area contributed by atoms with Crippen molar-refractivity contribution in [2.45, 2.75) is 48.0 Å². The largest absolute Gasteiger partial charge is 0.481 e. The van der Waals surface area contributed by atoms with Gasteiger partial charge in [-0.25, -0.2) is 4.68 Å². The molecule has 1 spiro atoms. The summed E-state index contributed by atoms with van der Waals surface area (Å²) in [5, 5.41) is 29.4. The van der Waals surface area contributed by atoms with Gasteiger partial charge in [0, 0.05) is 11.3 Å². The SMILES string of the molecule is C=CCN(Cn1nnc2ccccc21)C(=O)C1N([C@H](CO)c2ccccc2)C(=O)[C@@H]2[C@H](C(=O)O)[C@]3(C)CCC12S3. The van der Waals surface area contributed by atoms with Crippen LogP contribution in [0.5, 0.6) is 0 Å². The number of benzene rings is 2. The summed E-state index contributed by atoms with van der Waals surface area (Å²) in [6.07, 6.45) is 2.73. The van der Waals surface area contributed by atoms with Crippen LogP contribution >= 0.6 is 11.8 Å². The van der Waals surface area contributed by atoms with Gasteiger partial charge in [-0.05, 0) is 37.5 Å². The summed E-state index contributed by atoms with van der Waals surface area (Å²) in [4.78, 5) is 44.6. The maximum Gasteiger partial charge on any atom is 0.308 e. The number of carbonyl (C=O) groups excluding carboxylic acids is 2. The number of hydrogen-bond donors (Lipinski definition) is 2. The van der Waals surface area contributed by atoms with Crippen molar-refractivity contribution in [3.8, 4) is 0 Å². The summed E-state index contributed by atoms with van der Waals surface area (Å²) in [5.41, 5.74) is 2.13. The highest BCUT2D eigenvalue weighted by molar-refractivity contribution is 8.02. The molecule has 2 N–H and O–H groups in total. The number of hydrogen-bond acceptors (Lipinski definition) is 7. The number of nitrogens with zero attached hydrogens (tertiary/aromatic N) is 5. The van der Waals surface area contributed by atoms with Crippen molar-refractivity contribution in [2.75, 3.05) is 13.2 Å². The van der Waals surface area contributed by atoms with Gasteiger partial charge in [-0.3, -0.25) is 14.4 Å². The van der Waals surface area contributed by atoms with Crippen LogP contribution in [0.1, 0.15) is 31.4 Å². The van der Waals surface area contributed by atoms with Crippen molar-refractivity contribution < 1.29 is 24.6 Å². The average Bonchev–Trinajstić information content (AvgIpc) is 3.65. The highest BCUT2D eigenvalue weighted by Crippen LogP contribution is 2.72. The molecule has 3 aliphatic rings. The fourth-order valence-electron chi connectivity index (χ4n) is 7.11. The Morgan fingerprint density at radius 1 is 1.20 bits per heavy atom. The van der Waals surface area contributed by atoms with E-state index in [1.165, 1.54) is 16.7 Å². The first-order valence-corrected chi connectivity index (χ1v) is 14.2. The zero-order chi connectivity index (χ0) is 28.2. The van der Waals surface area contributed by atoms with Crippen molar-refractivity contribution in [1.29, 1.82) is 0 Å². The van der Waals surface area contributed by atoms with Crippen molar-refractivity contribution in [1.82, 2.24) is 24.8 Å². The van der Waals surface area contributed by atoms with Gasteiger partial charge in [0.15, 0.2) is 0 Å². The summed E-state index contributed by atoms with van der Waals surface area (Å²) in [6, 6.07) is 14.8. The van der Waals surface area contributed by atoms with Crippen LogP contribution in [-0.4, -0.2) is 81.5 Å². The monoisotopic (exact) mass is 561 g/mol. The molecule has 6 rings (SSSR count). The van der Waals surface area contributed by atoms with E-state index >= 15 is 0 Å². The molecule has 6 atom stereocenters. The first-order chi connectivity index (χ1) is 19.3. The number of aliphatic carboxylic acids is 1. The Labute approximate surface area is 235 Å². The molecule has 4 heterocycles. The number of aliphatic hydroxyl groups is 1. The Hall–Kier alpha value is -3.70. The molecule has 3 saturated heterocycles. The van der Waals surface area contributed by atoms with E-state index in [9.17, 15) is 24.6 Å². The predicted octanol–water partition coefficient (Wildman–Crippen LogP) is 2.70. The predicted molar refractivity (Wildman–Crippen MR) is 149 cm³/mol. The number of aromatic nitrogens is 3. The zero-order valence-corrected chi connectivity index (χ0v) is 22.9. The van der Waals surface area contributed by atoms with Crippen LogP contribution in [0.25, 0.3) is 11.0 Å². The fraction of sp³-hybridized carbons (Fsp3) is 0.414. The van der Waals surface area contributed by atoms with E-state index in [4.69, 9.17) is 0 Å². The van der Waals surface area contributed by atoms with Gasteiger partial charge in [-0.1, -0.05) is 53.8 Å². The topological polar surface area (TPSA) is 129 Å². The average molecular weight is 562 g/mol. The van der Waals surface area contributed by atoms with Gasteiger partial charge in [-0.2, -0.15) is 0 Å². The number of thioether (sulfide) groups is 1. The van der Waals surface area contributed by atoms with Crippen molar-refractivity contribution in [3.05, 3.63) is 72.8 Å². The lowest BCUT2D eigenvalue weighted by atomic mass is 9.66. The van der Waals surface area contributed by atoms with E-state index < -0.39 is 51.9 Å². The van der Waals surface area contributed by atoms with Crippen LogP contribution in [-0.2, 0) is 21.1 Å². The lowest BCUT2D eigenvalue weighted by Crippen LogP contribution is -2.55. The number of fused-ring (bicyclic) bond motifs is 2. The minimum absolute atomic E-state index is 0.0735. The number of aliphatic hydroxyl groups excluding tert-OH is 1. The lowest BCUT2D eigenvalue weighted by molar-refractivity contribution is -0.151. The van der Waals surface area contributed by atoms with Gasteiger partial charge >= 0.3 is 5.97 Å². The molecule has 2 unspecified atom stereocenters. The van der Waals surface area contributed by atoms with Crippen molar-refractivity contribution >= 4 is 40.6 Å².